The number of nitrogens with one attached hydrogen (secondary N) is 1. The van der Waals surface area contributed by atoms with Crippen molar-refractivity contribution in [1.82, 2.24) is 9.62 Å². The van der Waals surface area contributed by atoms with Crippen LogP contribution in [0.15, 0.2) is 29.2 Å². The molecule has 2 atom stereocenters. The van der Waals surface area contributed by atoms with Gasteiger partial charge in [-0.25, -0.2) is 13.1 Å². The largest absolute Gasteiger partial charge is 0.481 e. The average Bonchev–Trinajstić information content (AvgIpc) is 3.11. The number of hydrogen-bond donors (Lipinski definition) is 2. The van der Waals surface area contributed by atoms with Crippen molar-refractivity contribution in [2.24, 2.45) is 11.3 Å². The lowest BCUT2D eigenvalue weighted by Gasteiger charge is -2.23. The number of rotatable bonds is 5. The monoisotopic (exact) mass is 380 g/mol. The Morgan fingerprint density at radius 1 is 1.27 bits per heavy atom. The maximum absolute atomic E-state index is 12.7. The van der Waals surface area contributed by atoms with E-state index in [4.69, 9.17) is 0 Å². The highest BCUT2D eigenvalue weighted by molar-refractivity contribution is 7.89. The maximum atomic E-state index is 12.7. The van der Waals surface area contributed by atoms with Crippen molar-refractivity contribution in [1.29, 1.82) is 0 Å². The molecule has 0 radical (unpaired) electrons. The van der Waals surface area contributed by atoms with Gasteiger partial charge in [-0.3, -0.25) is 9.59 Å². The average molecular weight is 380 g/mol. The number of benzene rings is 1. The molecule has 3 rings (SSSR count). The number of sulfonamides is 1. The Labute approximate surface area is 153 Å². The molecule has 0 bridgehead atoms. The quantitative estimate of drug-likeness (QED) is 0.809. The van der Waals surface area contributed by atoms with Gasteiger partial charge in [-0.1, -0.05) is 6.42 Å². The smallest absolute Gasteiger partial charge is 0.311 e. The number of likely N-dealkylation sites (tertiary alicyclic amines) is 1. The van der Waals surface area contributed by atoms with Gasteiger partial charge in [0.2, 0.25) is 10.0 Å². The summed E-state index contributed by atoms with van der Waals surface area (Å²) in [5.41, 5.74) is -0.450. The fourth-order valence-electron chi connectivity index (χ4n) is 4.13. The van der Waals surface area contributed by atoms with Crippen LogP contribution in [-0.2, 0) is 14.8 Å². The molecule has 142 valence electrons. The number of carboxylic acid groups (broad SMARTS) is 1. The Balaban J connectivity index is 1.77. The Bertz CT molecular complexity index is 818. The van der Waals surface area contributed by atoms with E-state index in [1.165, 1.54) is 24.3 Å². The van der Waals surface area contributed by atoms with Crippen molar-refractivity contribution in [2.75, 3.05) is 13.1 Å². The van der Waals surface area contributed by atoms with Crippen LogP contribution in [0.3, 0.4) is 0 Å². The number of carbonyl (C=O) groups is 2. The van der Waals surface area contributed by atoms with Gasteiger partial charge in [-0.2, -0.15) is 0 Å². The highest BCUT2D eigenvalue weighted by atomic mass is 32.2. The lowest BCUT2D eigenvalue weighted by molar-refractivity contribution is -0.149. The first kappa shape index (κ1) is 18.8. The van der Waals surface area contributed by atoms with Crippen LogP contribution >= 0.6 is 0 Å². The number of aliphatic carboxylic acids is 1. The molecule has 8 heteroatoms. The molecule has 1 saturated carbocycles. The molecular weight excluding hydrogens is 356 g/mol. The molecule has 0 unspecified atom stereocenters. The molecule has 26 heavy (non-hydrogen) atoms. The number of amides is 1. The van der Waals surface area contributed by atoms with Crippen molar-refractivity contribution in [2.45, 2.75) is 44.0 Å². The number of carboxylic acids is 1. The molecule has 0 spiro atoms. The van der Waals surface area contributed by atoms with Crippen LogP contribution < -0.4 is 4.72 Å². The first-order chi connectivity index (χ1) is 12.2. The Hall–Kier alpha value is -1.93. The van der Waals surface area contributed by atoms with E-state index in [0.29, 0.717) is 18.5 Å². The van der Waals surface area contributed by atoms with Crippen LogP contribution in [0.25, 0.3) is 0 Å². The molecule has 1 saturated heterocycles. The minimum atomic E-state index is -3.61. The van der Waals surface area contributed by atoms with Crippen molar-refractivity contribution in [3.8, 4) is 0 Å². The van der Waals surface area contributed by atoms with E-state index in [1.54, 1.807) is 18.7 Å². The van der Waals surface area contributed by atoms with E-state index in [1.807, 2.05) is 0 Å². The van der Waals surface area contributed by atoms with E-state index in [-0.39, 0.29) is 29.3 Å². The van der Waals surface area contributed by atoms with Gasteiger partial charge in [0.25, 0.3) is 5.91 Å². The van der Waals surface area contributed by atoms with Crippen LogP contribution in [0.4, 0.5) is 0 Å². The summed E-state index contributed by atoms with van der Waals surface area (Å²) in [7, 11) is -3.61. The number of carbonyl (C=O) groups excluding carboxylic acids is 1. The molecule has 2 N–H and O–H groups in total. The predicted octanol–water partition coefficient (Wildman–Crippen LogP) is 1.70. The summed E-state index contributed by atoms with van der Waals surface area (Å²) in [5.74, 6) is -1.07. The third kappa shape index (κ3) is 3.23. The second kappa shape index (κ2) is 6.66. The lowest BCUT2D eigenvalue weighted by atomic mass is 9.81. The minimum absolute atomic E-state index is 0.00107. The van der Waals surface area contributed by atoms with Crippen molar-refractivity contribution in [3.05, 3.63) is 29.8 Å². The van der Waals surface area contributed by atoms with Crippen molar-refractivity contribution >= 4 is 21.9 Å². The topological polar surface area (TPSA) is 104 Å². The van der Waals surface area contributed by atoms with Crippen LogP contribution in [0.1, 0.15) is 43.5 Å². The SMILES string of the molecule is CC(C)NS(=O)(=O)c1ccc(C(=O)N2C[C@@H]3CCC[C@@]3(C(=O)O)C2)cc1. The number of hydrogen-bond acceptors (Lipinski definition) is 4. The molecule has 7 nitrogen and oxygen atoms in total. The molecule has 1 aromatic carbocycles. The summed E-state index contributed by atoms with van der Waals surface area (Å²) in [4.78, 5) is 26.2. The van der Waals surface area contributed by atoms with Gasteiger partial charge in [0, 0.05) is 24.7 Å². The highest BCUT2D eigenvalue weighted by Gasteiger charge is 2.55. The van der Waals surface area contributed by atoms with Crippen LogP contribution in [-0.4, -0.2) is 49.4 Å². The Morgan fingerprint density at radius 2 is 1.92 bits per heavy atom. The summed E-state index contributed by atoms with van der Waals surface area (Å²) in [5, 5.41) is 9.63. The molecule has 1 heterocycles. The fourth-order valence-corrected chi connectivity index (χ4v) is 5.38. The molecule has 1 aliphatic heterocycles. The van der Waals surface area contributed by atoms with E-state index < -0.39 is 21.4 Å². The van der Waals surface area contributed by atoms with Crippen molar-refractivity contribution in [3.63, 3.8) is 0 Å². The summed E-state index contributed by atoms with van der Waals surface area (Å²) < 4.78 is 26.8. The Kier molecular flexibility index (Phi) is 4.83. The summed E-state index contributed by atoms with van der Waals surface area (Å²) in [6.07, 6.45) is 2.32. The van der Waals surface area contributed by atoms with Crippen LogP contribution in [0.5, 0.6) is 0 Å². The van der Waals surface area contributed by atoms with Gasteiger partial charge in [0.1, 0.15) is 0 Å². The van der Waals surface area contributed by atoms with Gasteiger partial charge in [0.05, 0.1) is 10.3 Å². The fraction of sp³-hybridized carbons (Fsp3) is 0.556. The van der Waals surface area contributed by atoms with E-state index in [0.717, 1.165) is 12.8 Å². The zero-order valence-electron chi connectivity index (χ0n) is 14.9. The molecule has 1 aliphatic carbocycles. The lowest BCUT2D eigenvalue weighted by Crippen LogP contribution is -2.37. The van der Waals surface area contributed by atoms with Crippen LogP contribution in [0.2, 0.25) is 0 Å². The number of nitrogens with zero attached hydrogens (tertiary/aromatic N) is 1. The summed E-state index contributed by atoms with van der Waals surface area (Å²) in [6, 6.07) is 5.55. The molecule has 2 aliphatic rings. The van der Waals surface area contributed by atoms with E-state index in [2.05, 4.69) is 4.72 Å². The zero-order chi connectivity index (χ0) is 19.1. The van der Waals surface area contributed by atoms with E-state index in [9.17, 15) is 23.1 Å². The highest BCUT2D eigenvalue weighted by Crippen LogP contribution is 2.49. The van der Waals surface area contributed by atoms with E-state index >= 15 is 0 Å². The standard InChI is InChI=1S/C18H24N2O5S/c1-12(2)19-26(24,25)15-7-5-13(6-8-15)16(21)20-10-14-4-3-9-18(14,11-20)17(22)23/h5-8,12,14,19H,3-4,9-11H2,1-2H3,(H,22,23)/t14-,18+/m0/s1. The molecular formula is C18H24N2O5S. The number of fused-ring (bicyclic) bond motifs is 1. The minimum Gasteiger partial charge on any atom is -0.481 e. The van der Waals surface area contributed by atoms with Crippen molar-refractivity contribution < 1.29 is 23.1 Å². The second-order valence-corrected chi connectivity index (χ2v) is 9.25. The van der Waals surface area contributed by atoms with Crippen LogP contribution in [0, 0.1) is 11.3 Å². The normalized spacial score (nSPS) is 25.5. The van der Waals surface area contributed by atoms with Gasteiger partial charge in [-0.15, -0.1) is 0 Å². The first-order valence-electron chi connectivity index (χ1n) is 8.81. The van der Waals surface area contributed by atoms with Gasteiger partial charge < -0.3 is 10.0 Å². The molecule has 1 amide bonds. The third-order valence-electron chi connectivity index (χ3n) is 5.39. The van der Waals surface area contributed by atoms with Gasteiger partial charge in [0.15, 0.2) is 0 Å². The first-order valence-corrected chi connectivity index (χ1v) is 10.3. The Morgan fingerprint density at radius 3 is 2.46 bits per heavy atom. The van der Waals surface area contributed by atoms with Gasteiger partial charge >= 0.3 is 5.97 Å². The molecule has 1 aromatic rings. The molecule has 2 fully saturated rings. The van der Waals surface area contributed by atoms with Gasteiger partial charge in [-0.05, 0) is 56.9 Å². The maximum Gasteiger partial charge on any atom is 0.311 e. The zero-order valence-corrected chi connectivity index (χ0v) is 15.8. The summed E-state index contributed by atoms with van der Waals surface area (Å²) in [6.45, 7) is 4.14. The predicted molar refractivity (Wildman–Crippen MR) is 95.2 cm³/mol. The molecule has 0 aromatic heterocycles. The summed E-state index contributed by atoms with van der Waals surface area (Å²) >= 11 is 0. The second-order valence-electron chi connectivity index (χ2n) is 7.54. The third-order valence-corrected chi connectivity index (χ3v) is 7.06.